The second kappa shape index (κ2) is 7.41. The van der Waals surface area contributed by atoms with Gasteiger partial charge in [0.15, 0.2) is 16.7 Å². The number of carbonyl (C=O) groups is 1. The Morgan fingerprint density at radius 2 is 1.92 bits per heavy atom. The molecule has 0 aliphatic carbocycles. The number of hydrogen-bond acceptors (Lipinski definition) is 6. The van der Waals surface area contributed by atoms with Crippen molar-refractivity contribution >= 4 is 34.1 Å². The van der Waals surface area contributed by atoms with Crippen LogP contribution in [0.3, 0.4) is 0 Å². The second-order valence-electron chi connectivity index (χ2n) is 5.05. The molecule has 0 bridgehead atoms. The molecule has 0 saturated heterocycles. The summed E-state index contributed by atoms with van der Waals surface area (Å²) in [6, 6.07) is 11.2. The molecular weight excluding hydrogens is 344 g/mol. The van der Waals surface area contributed by atoms with E-state index in [0.717, 1.165) is 10.1 Å². The summed E-state index contributed by atoms with van der Waals surface area (Å²) in [5, 5.41) is 22.1. The van der Waals surface area contributed by atoms with E-state index in [1.54, 1.807) is 11.8 Å². The third-order valence-electron chi connectivity index (χ3n) is 3.17. The maximum absolute atomic E-state index is 12.1. The van der Waals surface area contributed by atoms with Gasteiger partial charge in [-0.3, -0.25) is 10.1 Å². The van der Waals surface area contributed by atoms with Gasteiger partial charge in [-0.2, -0.15) is 4.73 Å². The first kappa shape index (κ1) is 16.4. The number of pyridine rings is 1. The van der Waals surface area contributed by atoms with Crippen molar-refractivity contribution in [2.24, 2.45) is 0 Å². The van der Waals surface area contributed by atoms with Crippen LogP contribution in [0.15, 0.2) is 53.1 Å². The van der Waals surface area contributed by atoms with Gasteiger partial charge in [0.2, 0.25) is 5.13 Å². The van der Waals surface area contributed by atoms with Gasteiger partial charge in [0.1, 0.15) is 0 Å². The number of rotatable bonds is 5. The highest BCUT2D eigenvalue weighted by Crippen LogP contribution is 2.28. The average Bonchev–Trinajstić information content (AvgIpc) is 3.02. The molecule has 122 valence electrons. The van der Waals surface area contributed by atoms with Crippen LogP contribution in [0.1, 0.15) is 21.5 Å². The van der Waals surface area contributed by atoms with Gasteiger partial charge in [0, 0.05) is 17.9 Å². The van der Waals surface area contributed by atoms with Crippen LogP contribution in [0.25, 0.3) is 0 Å². The molecule has 0 atom stereocenters. The number of nitrogens with zero attached hydrogens (tertiary/aromatic N) is 3. The largest absolute Gasteiger partial charge is 0.619 e. The zero-order chi connectivity index (χ0) is 16.9. The predicted molar refractivity (Wildman–Crippen MR) is 94.0 cm³/mol. The van der Waals surface area contributed by atoms with Crippen molar-refractivity contribution in [1.29, 1.82) is 0 Å². The van der Waals surface area contributed by atoms with E-state index in [4.69, 9.17) is 0 Å². The molecule has 2 heterocycles. The first-order valence-electron chi connectivity index (χ1n) is 7.12. The van der Waals surface area contributed by atoms with E-state index in [1.807, 2.05) is 0 Å². The lowest BCUT2D eigenvalue weighted by Gasteiger charge is -2.00. The number of anilines is 1. The molecule has 1 N–H and O–H groups in total. The Labute approximate surface area is 147 Å². The third-order valence-corrected chi connectivity index (χ3v) is 5.22. The highest BCUT2D eigenvalue weighted by molar-refractivity contribution is 8.00. The van der Waals surface area contributed by atoms with Crippen LogP contribution < -0.4 is 10.0 Å². The number of nitrogens with one attached hydrogen (secondary N) is 1. The van der Waals surface area contributed by atoms with Crippen molar-refractivity contribution in [3.05, 3.63) is 70.7 Å². The molecule has 6 nitrogen and oxygen atoms in total. The third kappa shape index (κ3) is 4.30. The minimum Gasteiger partial charge on any atom is -0.619 e. The van der Waals surface area contributed by atoms with Crippen molar-refractivity contribution in [2.45, 2.75) is 17.0 Å². The van der Waals surface area contributed by atoms with E-state index >= 15 is 0 Å². The summed E-state index contributed by atoms with van der Waals surface area (Å²) in [6.07, 6.45) is 2.55. The molecule has 0 aliphatic rings. The molecule has 24 heavy (non-hydrogen) atoms. The molecule has 0 fully saturated rings. The van der Waals surface area contributed by atoms with Gasteiger partial charge < -0.3 is 5.21 Å². The molecule has 1 aromatic carbocycles. The molecule has 3 aromatic rings. The summed E-state index contributed by atoms with van der Waals surface area (Å²) >= 11 is 2.90. The minimum atomic E-state index is -0.318. The van der Waals surface area contributed by atoms with Gasteiger partial charge in [0.05, 0.1) is 5.56 Å². The number of hydrogen-bond donors (Lipinski definition) is 1. The lowest BCUT2D eigenvalue weighted by molar-refractivity contribution is -0.605. The second-order valence-corrected chi connectivity index (χ2v) is 7.25. The zero-order valence-corrected chi connectivity index (χ0v) is 14.4. The molecule has 8 heteroatoms. The molecule has 3 rings (SSSR count). The normalized spacial score (nSPS) is 10.5. The maximum atomic E-state index is 12.1. The van der Waals surface area contributed by atoms with E-state index < -0.39 is 0 Å². The number of benzene rings is 1. The number of carbonyl (C=O) groups excluding carboxylic acids is 1. The first-order chi connectivity index (χ1) is 11.6. The van der Waals surface area contributed by atoms with Crippen molar-refractivity contribution in [1.82, 2.24) is 10.2 Å². The van der Waals surface area contributed by atoms with Gasteiger partial charge in [-0.15, -0.1) is 10.2 Å². The SMILES string of the molecule is Cc1ccc(CSc2nnc(NC(=O)c3cc[n+]([O-])cc3)s2)cc1. The lowest BCUT2D eigenvalue weighted by atomic mass is 10.2. The van der Waals surface area contributed by atoms with Gasteiger partial charge in [-0.05, 0) is 12.5 Å². The molecule has 0 saturated carbocycles. The Kier molecular flexibility index (Phi) is 5.07. The van der Waals surface area contributed by atoms with Crippen molar-refractivity contribution in [3.63, 3.8) is 0 Å². The summed E-state index contributed by atoms with van der Waals surface area (Å²) in [5.74, 6) is 0.479. The van der Waals surface area contributed by atoms with Gasteiger partial charge in [0.25, 0.3) is 5.91 Å². The lowest BCUT2D eigenvalue weighted by Crippen LogP contribution is -2.25. The summed E-state index contributed by atoms with van der Waals surface area (Å²) in [5.41, 5.74) is 2.83. The van der Waals surface area contributed by atoms with Crippen molar-refractivity contribution in [2.75, 3.05) is 5.32 Å². The van der Waals surface area contributed by atoms with Crippen molar-refractivity contribution < 1.29 is 9.52 Å². The Morgan fingerprint density at radius 1 is 1.21 bits per heavy atom. The van der Waals surface area contributed by atoms with Crippen LogP contribution >= 0.6 is 23.1 Å². The maximum Gasteiger partial charge on any atom is 0.257 e. The summed E-state index contributed by atoms with van der Waals surface area (Å²) < 4.78 is 1.41. The number of amides is 1. The smallest absolute Gasteiger partial charge is 0.257 e. The first-order valence-corrected chi connectivity index (χ1v) is 8.92. The predicted octanol–water partition coefficient (Wildman–Crippen LogP) is 3.02. The van der Waals surface area contributed by atoms with Crippen LogP contribution in [-0.2, 0) is 5.75 Å². The fraction of sp³-hybridized carbons (Fsp3) is 0.125. The van der Waals surface area contributed by atoms with Gasteiger partial charge in [-0.25, -0.2) is 0 Å². The van der Waals surface area contributed by atoms with E-state index in [9.17, 15) is 10.0 Å². The Bertz CT molecular complexity index is 832. The van der Waals surface area contributed by atoms with E-state index in [2.05, 4.69) is 46.7 Å². The van der Waals surface area contributed by atoms with Crippen LogP contribution in [0.5, 0.6) is 0 Å². The monoisotopic (exact) mass is 358 g/mol. The van der Waals surface area contributed by atoms with E-state index in [0.29, 0.717) is 15.4 Å². The van der Waals surface area contributed by atoms with Crippen LogP contribution in [-0.4, -0.2) is 16.1 Å². The summed E-state index contributed by atoms with van der Waals surface area (Å²) in [6.45, 7) is 2.06. The minimum absolute atomic E-state index is 0.318. The number of thioether (sulfide) groups is 1. The molecule has 2 aromatic heterocycles. The summed E-state index contributed by atoms with van der Waals surface area (Å²) in [4.78, 5) is 12.1. The molecular formula is C16H14N4O2S2. The van der Waals surface area contributed by atoms with Gasteiger partial charge >= 0.3 is 0 Å². The van der Waals surface area contributed by atoms with Crippen LogP contribution in [0.4, 0.5) is 5.13 Å². The van der Waals surface area contributed by atoms with Crippen LogP contribution in [0.2, 0.25) is 0 Å². The summed E-state index contributed by atoms with van der Waals surface area (Å²) in [7, 11) is 0. The average molecular weight is 358 g/mol. The molecule has 0 radical (unpaired) electrons. The standard InChI is InChI=1S/C16H14N4O2S2/c1-11-2-4-12(5-3-11)10-23-16-19-18-15(24-16)17-14(21)13-6-8-20(22)9-7-13/h2-9H,10H2,1H3,(H,17,18,21). The fourth-order valence-electron chi connectivity index (χ4n) is 1.88. The molecule has 0 unspecified atom stereocenters. The molecule has 0 aliphatic heterocycles. The van der Waals surface area contributed by atoms with Crippen molar-refractivity contribution in [3.8, 4) is 0 Å². The van der Waals surface area contributed by atoms with E-state index in [1.165, 1.54) is 47.0 Å². The van der Waals surface area contributed by atoms with Crippen LogP contribution in [0, 0.1) is 12.1 Å². The molecule has 0 spiro atoms. The zero-order valence-electron chi connectivity index (χ0n) is 12.8. The number of aryl methyl sites for hydroxylation is 1. The highest BCUT2D eigenvalue weighted by atomic mass is 32.2. The fourth-order valence-corrected chi connectivity index (χ4v) is 3.58. The Morgan fingerprint density at radius 3 is 2.62 bits per heavy atom. The van der Waals surface area contributed by atoms with Gasteiger partial charge in [-0.1, -0.05) is 52.9 Å². The topological polar surface area (TPSA) is 81.8 Å². The molecule has 1 amide bonds. The Hall–Kier alpha value is -2.45. The quantitative estimate of drug-likeness (QED) is 0.328. The highest BCUT2D eigenvalue weighted by Gasteiger charge is 2.11. The Balaban J connectivity index is 1.58. The number of aromatic nitrogens is 3. The van der Waals surface area contributed by atoms with E-state index in [-0.39, 0.29) is 5.91 Å².